The van der Waals surface area contributed by atoms with Crippen molar-refractivity contribution >= 4 is 18.0 Å². The van der Waals surface area contributed by atoms with Gasteiger partial charge in [0, 0.05) is 17.2 Å². The molecule has 1 aromatic rings. The third kappa shape index (κ3) is 2.66. The van der Waals surface area contributed by atoms with Crippen molar-refractivity contribution in [2.24, 2.45) is 5.92 Å². The van der Waals surface area contributed by atoms with E-state index in [0.717, 1.165) is 23.6 Å². The van der Waals surface area contributed by atoms with E-state index in [0.29, 0.717) is 0 Å². The van der Waals surface area contributed by atoms with Gasteiger partial charge in [-0.05, 0) is 31.0 Å². The van der Waals surface area contributed by atoms with E-state index >= 15 is 0 Å². The first-order chi connectivity index (χ1) is 9.28. The van der Waals surface area contributed by atoms with Crippen LogP contribution in [0.3, 0.4) is 0 Å². The fraction of sp³-hybridized carbons (Fsp3) is 0.562. The van der Waals surface area contributed by atoms with E-state index in [9.17, 15) is 0 Å². The number of thioether (sulfide) groups is 1. The highest BCUT2D eigenvalue weighted by atomic mass is 32.2. The minimum Gasteiger partial charge on any atom is -0.497 e. The van der Waals surface area contributed by atoms with Gasteiger partial charge in [0.05, 0.1) is 12.7 Å². The highest BCUT2D eigenvalue weighted by Gasteiger charge is 2.32. The molecule has 2 atom stereocenters. The molecule has 3 heteroatoms. The van der Waals surface area contributed by atoms with Crippen LogP contribution in [0.2, 0.25) is 0 Å². The Balaban J connectivity index is 1.89. The summed E-state index contributed by atoms with van der Waals surface area (Å²) in [5.74, 6) is 2.86. The van der Waals surface area contributed by atoms with Gasteiger partial charge in [0.1, 0.15) is 5.75 Å². The molecule has 1 aromatic carbocycles. The maximum atomic E-state index is 5.33. The maximum Gasteiger partial charge on any atom is 0.193 e. The lowest BCUT2D eigenvalue weighted by molar-refractivity contribution is -0.555. The summed E-state index contributed by atoms with van der Waals surface area (Å²) in [6.45, 7) is 2.41. The molecule has 1 aliphatic heterocycles. The highest BCUT2D eigenvalue weighted by molar-refractivity contribution is 7.99. The molecule has 0 spiro atoms. The van der Waals surface area contributed by atoms with Crippen molar-refractivity contribution in [2.45, 2.75) is 43.5 Å². The quantitative estimate of drug-likeness (QED) is 0.762. The van der Waals surface area contributed by atoms with Crippen molar-refractivity contribution in [3.05, 3.63) is 23.8 Å². The molecule has 1 heterocycles. The van der Waals surface area contributed by atoms with Crippen LogP contribution in [-0.2, 0) is 0 Å². The Bertz CT molecular complexity index is 498. The number of benzene rings is 1. The summed E-state index contributed by atoms with van der Waals surface area (Å²) in [6.07, 6.45) is 7.86. The van der Waals surface area contributed by atoms with Crippen LogP contribution >= 0.6 is 11.8 Å². The summed E-state index contributed by atoms with van der Waals surface area (Å²) < 4.78 is 7.89. The highest BCUT2D eigenvalue weighted by Crippen LogP contribution is 2.32. The molecule has 2 aliphatic rings. The molecule has 1 fully saturated rings. The summed E-state index contributed by atoms with van der Waals surface area (Å²) in [5.41, 5.74) is 1.31. The van der Waals surface area contributed by atoms with Gasteiger partial charge in [-0.15, -0.1) is 0 Å². The summed E-state index contributed by atoms with van der Waals surface area (Å²) in [6, 6.07) is 7.11. The molecule has 1 aliphatic carbocycles. The largest absolute Gasteiger partial charge is 0.497 e. The first kappa shape index (κ1) is 13.0. The van der Waals surface area contributed by atoms with Crippen LogP contribution in [0, 0.1) is 5.92 Å². The van der Waals surface area contributed by atoms with Crippen molar-refractivity contribution < 1.29 is 9.31 Å². The monoisotopic (exact) mass is 276 g/mol. The Labute approximate surface area is 119 Å². The average Bonchev–Trinajstić information content (AvgIpc) is 2.46. The lowest BCUT2D eigenvalue weighted by Gasteiger charge is -2.28. The Morgan fingerprint density at radius 2 is 2.11 bits per heavy atom. The molecule has 0 radical (unpaired) electrons. The number of methoxy groups -OCH3 is 1. The van der Waals surface area contributed by atoms with E-state index in [1.165, 1.54) is 36.1 Å². The predicted octanol–water partition coefficient (Wildman–Crippen LogP) is 3.77. The number of hydrogen-bond acceptors (Lipinski definition) is 2. The Kier molecular flexibility index (Phi) is 3.83. The molecule has 0 aromatic heterocycles. The first-order valence-corrected chi connectivity index (χ1v) is 8.18. The summed E-state index contributed by atoms with van der Waals surface area (Å²) >= 11 is 1.95. The zero-order valence-electron chi connectivity index (χ0n) is 11.8. The lowest BCUT2D eigenvalue weighted by atomic mass is 9.85. The molecule has 102 valence electrons. The fourth-order valence-corrected chi connectivity index (χ4v) is 4.22. The van der Waals surface area contributed by atoms with Crippen LogP contribution in [0.5, 0.6) is 5.75 Å². The SMILES string of the molecule is COc1ccc2c(c1)C=[N+](C1CCCCC1C)CS2. The van der Waals surface area contributed by atoms with Crippen molar-refractivity contribution in [1.82, 2.24) is 0 Å². The Morgan fingerprint density at radius 3 is 2.89 bits per heavy atom. The van der Waals surface area contributed by atoms with E-state index < -0.39 is 0 Å². The van der Waals surface area contributed by atoms with Gasteiger partial charge in [0.15, 0.2) is 18.1 Å². The molecule has 19 heavy (non-hydrogen) atoms. The third-order valence-electron chi connectivity index (χ3n) is 4.38. The van der Waals surface area contributed by atoms with Gasteiger partial charge in [-0.2, -0.15) is 0 Å². The van der Waals surface area contributed by atoms with Gasteiger partial charge >= 0.3 is 0 Å². The third-order valence-corrected chi connectivity index (χ3v) is 5.49. The van der Waals surface area contributed by atoms with Crippen molar-refractivity contribution in [3.8, 4) is 5.75 Å². The van der Waals surface area contributed by atoms with Gasteiger partial charge in [0.2, 0.25) is 0 Å². The topological polar surface area (TPSA) is 12.2 Å². The normalized spacial score (nSPS) is 26.5. The van der Waals surface area contributed by atoms with Crippen LogP contribution < -0.4 is 4.74 Å². The van der Waals surface area contributed by atoms with E-state index in [1.54, 1.807) is 7.11 Å². The first-order valence-electron chi connectivity index (χ1n) is 7.19. The van der Waals surface area contributed by atoms with Gasteiger partial charge < -0.3 is 4.74 Å². The van der Waals surface area contributed by atoms with E-state index in [4.69, 9.17) is 4.74 Å². The Morgan fingerprint density at radius 1 is 1.26 bits per heavy atom. The maximum absolute atomic E-state index is 5.33. The minimum absolute atomic E-state index is 0.723. The van der Waals surface area contributed by atoms with Gasteiger partial charge in [-0.25, -0.2) is 4.58 Å². The average molecular weight is 276 g/mol. The molecule has 0 amide bonds. The van der Waals surface area contributed by atoms with E-state index in [-0.39, 0.29) is 0 Å². The zero-order chi connectivity index (χ0) is 13.2. The fourth-order valence-electron chi connectivity index (χ4n) is 3.23. The minimum atomic E-state index is 0.723. The molecule has 1 saturated carbocycles. The number of ether oxygens (including phenoxy) is 1. The number of hydrogen-bond donors (Lipinski definition) is 0. The van der Waals surface area contributed by atoms with Crippen molar-refractivity contribution in [1.29, 1.82) is 0 Å². The number of rotatable bonds is 2. The molecule has 3 rings (SSSR count). The summed E-state index contributed by atoms with van der Waals surface area (Å²) in [7, 11) is 1.73. The second kappa shape index (κ2) is 5.58. The van der Waals surface area contributed by atoms with Crippen molar-refractivity contribution in [2.75, 3.05) is 13.0 Å². The lowest BCUT2D eigenvalue weighted by Crippen LogP contribution is -2.36. The second-order valence-corrected chi connectivity index (χ2v) is 6.64. The van der Waals surface area contributed by atoms with E-state index in [2.05, 4.69) is 35.9 Å². The molecule has 0 N–H and O–H groups in total. The zero-order valence-corrected chi connectivity index (χ0v) is 12.6. The second-order valence-electron chi connectivity index (χ2n) is 5.65. The van der Waals surface area contributed by atoms with Crippen LogP contribution in [0.25, 0.3) is 0 Å². The Hall–Kier alpha value is -0.960. The van der Waals surface area contributed by atoms with Gasteiger partial charge in [-0.3, -0.25) is 0 Å². The standard InChI is InChI=1S/C16H22NOS/c1-12-5-3-4-6-15(12)17-10-13-9-14(18-2)7-8-16(13)19-11-17/h7-10,12,15H,3-6,11H2,1-2H3/q+1. The predicted molar refractivity (Wildman–Crippen MR) is 80.6 cm³/mol. The van der Waals surface area contributed by atoms with Crippen LogP contribution in [0.4, 0.5) is 0 Å². The summed E-state index contributed by atoms with van der Waals surface area (Å²) in [4.78, 5) is 1.38. The van der Waals surface area contributed by atoms with Gasteiger partial charge in [-0.1, -0.05) is 25.1 Å². The number of nitrogens with zero attached hydrogens (tertiary/aromatic N) is 1. The summed E-state index contributed by atoms with van der Waals surface area (Å²) in [5, 5.41) is 0. The van der Waals surface area contributed by atoms with Crippen molar-refractivity contribution in [3.63, 3.8) is 0 Å². The number of fused-ring (bicyclic) bond motifs is 1. The molecular formula is C16H22NOS+. The molecule has 2 nitrogen and oxygen atoms in total. The van der Waals surface area contributed by atoms with Crippen LogP contribution in [0.1, 0.15) is 38.2 Å². The molecule has 0 saturated heterocycles. The molecule has 2 unspecified atom stereocenters. The van der Waals surface area contributed by atoms with Gasteiger partial charge in [0.25, 0.3) is 0 Å². The molecular weight excluding hydrogens is 254 g/mol. The smallest absolute Gasteiger partial charge is 0.193 e. The van der Waals surface area contributed by atoms with Crippen LogP contribution in [0.15, 0.2) is 23.1 Å². The van der Waals surface area contributed by atoms with Crippen LogP contribution in [-0.4, -0.2) is 29.8 Å². The molecule has 0 bridgehead atoms. The van der Waals surface area contributed by atoms with E-state index in [1.807, 2.05) is 11.8 Å².